The Hall–Kier alpha value is -1.83. The SMILES string of the molecule is CCCCCCC(=O)OCCCCC(O)CN(CCCC(=O)OCCN1CC(C)N(CCOC)CC1C)CC(O)CCCCOC(=O)CCCCCC. The van der Waals surface area contributed by atoms with Gasteiger partial charge in [-0.1, -0.05) is 52.4 Å². The van der Waals surface area contributed by atoms with Crippen LogP contribution in [0.2, 0.25) is 0 Å². The molecule has 0 aromatic heterocycles. The van der Waals surface area contributed by atoms with E-state index in [1.165, 1.54) is 0 Å². The number of nitrogens with zero attached hydrogens (tertiary/aromatic N) is 3. The van der Waals surface area contributed by atoms with E-state index in [2.05, 4.69) is 37.5 Å². The summed E-state index contributed by atoms with van der Waals surface area (Å²) in [6.45, 7) is 15.3. The van der Waals surface area contributed by atoms with Crippen LogP contribution in [0.15, 0.2) is 0 Å². The van der Waals surface area contributed by atoms with Crippen LogP contribution in [0.5, 0.6) is 0 Å². The summed E-state index contributed by atoms with van der Waals surface area (Å²) < 4.78 is 21.6. The summed E-state index contributed by atoms with van der Waals surface area (Å²) in [4.78, 5) is 43.4. The van der Waals surface area contributed by atoms with Gasteiger partial charge >= 0.3 is 17.9 Å². The van der Waals surface area contributed by atoms with E-state index in [1.54, 1.807) is 7.11 Å². The van der Waals surface area contributed by atoms with Crippen molar-refractivity contribution in [3.05, 3.63) is 0 Å². The van der Waals surface area contributed by atoms with Gasteiger partial charge in [-0.2, -0.15) is 0 Å². The van der Waals surface area contributed by atoms with Gasteiger partial charge in [0, 0.05) is 77.7 Å². The Labute approximate surface area is 322 Å². The van der Waals surface area contributed by atoms with E-state index < -0.39 is 12.2 Å². The van der Waals surface area contributed by atoms with Gasteiger partial charge in [0.15, 0.2) is 0 Å². The van der Waals surface area contributed by atoms with Gasteiger partial charge in [0.05, 0.1) is 32.0 Å². The summed E-state index contributed by atoms with van der Waals surface area (Å²) >= 11 is 0. The molecule has 12 nitrogen and oxygen atoms in total. The van der Waals surface area contributed by atoms with Crippen LogP contribution in [-0.2, 0) is 33.3 Å². The van der Waals surface area contributed by atoms with E-state index in [-0.39, 0.29) is 24.3 Å². The first-order chi connectivity index (χ1) is 25.6. The van der Waals surface area contributed by atoms with Gasteiger partial charge in [-0.05, 0) is 78.2 Å². The lowest BCUT2D eigenvalue weighted by atomic mass is 10.1. The van der Waals surface area contributed by atoms with Crippen LogP contribution in [0.1, 0.15) is 143 Å². The van der Waals surface area contributed by atoms with Crippen LogP contribution < -0.4 is 0 Å². The molecule has 0 radical (unpaired) electrons. The number of aliphatic hydroxyl groups is 2. The second kappa shape index (κ2) is 32.4. The lowest BCUT2D eigenvalue weighted by molar-refractivity contribution is -0.145. The summed E-state index contributed by atoms with van der Waals surface area (Å²) in [6.07, 6.45) is 12.9. The number of unbranched alkanes of at least 4 members (excludes halogenated alkanes) is 8. The molecule has 0 amide bonds. The third-order valence-corrected chi connectivity index (χ3v) is 10.1. The molecular weight excluding hydrogens is 678 g/mol. The van der Waals surface area contributed by atoms with Crippen molar-refractivity contribution in [1.29, 1.82) is 0 Å². The highest BCUT2D eigenvalue weighted by atomic mass is 16.5. The molecule has 312 valence electrons. The van der Waals surface area contributed by atoms with E-state index in [0.717, 1.165) is 90.4 Å². The molecule has 0 aromatic carbocycles. The maximum atomic E-state index is 12.7. The number of carbonyl (C=O) groups is 3. The summed E-state index contributed by atoms with van der Waals surface area (Å²) in [5.74, 6) is -0.534. The maximum Gasteiger partial charge on any atom is 0.305 e. The van der Waals surface area contributed by atoms with Crippen molar-refractivity contribution in [3.63, 3.8) is 0 Å². The molecule has 0 saturated carbocycles. The normalized spacial score (nSPS) is 17.9. The number of rotatable bonds is 34. The lowest BCUT2D eigenvalue weighted by Crippen LogP contribution is -2.57. The predicted octanol–water partition coefficient (Wildman–Crippen LogP) is 5.74. The molecule has 12 heteroatoms. The van der Waals surface area contributed by atoms with Gasteiger partial charge in [0.25, 0.3) is 0 Å². The number of hydrogen-bond acceptors (Lipinski definition) is 12. The Morgan fingerprint density at radius 1 is 0.604 bits per heavy atom. The van der Waals surface area contributed by atoms with Gasteiger partial charge in [-0.3, -0.25) is 29.1 Å². The van der Waals surface area contributed by atoms with Crippen molar-refractivity contribution in [2.45, 2.75) is 168 Å². The van der Waals surface area contributed by atoms with Gasteiger partial charge in [0.2, 0.25) is 0 Å². The highest BCUT2D eigenvalue weighted by Gasteiger charge is 2.28. The minimum absolute atomic E-state index is 0.151. The Kier molecular flexibility index (Phi) is 30.1. The quantitative estimate of drug-likeness (QED) is 0.0470. The number of hydrogen-bond donors (Lipinski definition) is 2. The molecule has 1 aliphatic heterocycles. The van der Waals surface area contributed by atoms with E-state index >= 15 is 0 Å². The van der Waals surface area contributed by atoms with Crippen LogP contribution in [0, 0.1) is 0 Å². The Morgan fingerprint density at radius 3 is 1.49 bits per heavy atom. The first kappa shape index (κ1) is 49.2. The molecule has 4 unspecified atom stereocenters. The zero-order valence-corrected chi connectivity index (χ0v) is 34.4. The molecule has 1 fully saturated rings. The first-order valence-electron chi connectivity index (χ1n) is 21.1. The van der Waals surface area contributed by atoms with E-state index in [1.807, 2.05) is 4.90 Å². The summed E-state index contributed by atoms with van der Waals surface area (Å²) in [6, 6.07) is 0.790. The number of ether oxygens (including phenoxy) is 4. The molecule has 0 spiro atoms. The Balaban J connectivity index is 2.46. The zero-order valence-electron chi connectivity index (χ0n) is 34.4. The third kappa shape index (κ3) is 26.6. The minimum atomic E-state index is -0.602. The standard InChI is InChI=1S/C41H79N3O9/c1-6-8-10-12-21-39(47)51-27-16-14-19-37(45)33-42(34-38(46)20-15-17-28-52-40(48)22-13-11-9-7-2)24-18-23-41(49)53-30-26-44-32-35(3)43(25-29-50-5)31-36(44)4/h35-38,45-46H,6-34H2,1-5H3. The smallest absolute Gasteiger partial charge is 0.305 e. The summed E-state index contributed by atoms with van der Waals surface area (Å²) in [7, 11) is 1.73. The molecule has 0 aromatic rings. The predicted molar refractivity (Wildman–Crippen MR) is 210 cm³/mol. The number of carbonyl (C=O) groups excluding carboxylic acids is 3. The first-order valence-corrected chi connectivity index (χ1v) is 21.1. The topological polar surface area (TPSA) is 138 Å². The lowest BCUT2D eigenvalue weighted by Gasteiger charge is -2.44. The molecule has 1 rings (SSSR count). The van der Waals surface area contributed by atoms with Crippen molar-refractivity contribution in [2.24, 2.45) is 0 Å². The molecule has 1 saturated heterocycles. The maximum absolute atomic E-state index is 12.7. The largest absolute Gasteiger partial charge is 0.466 e. The molecule has 53 heavy (non-hydrogen) atoms. The molecule has 1 aliphatic rings. The van der Waals surface area contributed by atoms with Crippen molar-refractivity contribution < 1.29 is 43.5 Å². The monoisotopic (exact) mass is 758 g/mol. The van der Waals surface area contributed by atoms with E-state index in [0.29, 0.717) is 103 Å². The highest BCUT2D eigenvalue weighted by molar-refractivity contribution is 5.69. The van der Waals surface area contributed by atoms with Crippen LogP contribution in [-0.4, -0.2) is 146 Å². The van der Waals surface area contributed by atoms with Gasteiger partial charge in [-0.15, -0.1) is 0 Å². The van der Waals surface area contributed by atoms with Crippen molar-refractivity contribution in [3.8, 4) is 0 Å². The second-order valence-corrected chi connectivity index (χ2v) is 15.1. The Bertz CT molecular complexity index is 885. The van der Waals surface area contributed by atoms with Gasteiger partial charge in [0.1, 0.15) is 6.61 Å². The van der Waals surface area contributed by atoms with Crippen molar-refractivity contribution in [1.82, 2.24) is 14.7 Å². The third-order valence-electron chi connectivity index (χ3n) is 10.1. The van der Waals surface area contributed by atoms with Gasteiger partial charge < -0.3 is 29.2 Å². The average molecular weight is 758 g/mol. The van der Waals surface area contributed by atoms with Crippen LogP contribution >= 0.6 is 0 Å². The van der Waals surface area contributed by atoms with Crippen molar-refractivity contribution in [2.75, 3.05) is 79.4 Å². The molecule has 1 heterocycles. The molecule has 0 bridgehead atoms. The summed E-state index contributed by atoms with van der Waals surface area (Å²) in [5.41, 5.74) is 0. The van der Waals surface area contributed by atoms with Crippen LogP contribution in [0.4, 0.5) is 0 Å². The highest BCUT2D eigenvalue weighted by Crippen LogP contribution is 2.15. The molecule has 4 atom stereocenters. The number of piperazine rings is 1. The fraction of sp³-hybridized carbons (Fsp3) is 0.927. The summed E-state index contributed by atoms with van der Waals surface area (Å²) in [5, 5.41) is 21.7. The van der Waals surface area contributed by atoms with Crippen molar-refractivity contribution >= 4 is 17.9 Å². The minimum Gasteiger partial charge on any atom is -0.466 e. The van der Waals surface area contributed by atoms with Crippen LogP contribution in [0.25, 0.3) is 0 Å². The van der Waals surface area contributed by atoms with E-state index in [9.17, 15) is 24.6 Å². The molecule has 2 N–H and O–H groups in total. The molecular formula is C41H79N3O9. The second-order valence-electron chi connectivity index (χ2n) is 15.1. The number of methoxy groups -OCH3 is 1. The molecule has 0 aliphatic carbocycles. The Morgan fingerprint density at radius 2 is 1.04 bits per heavy atom. The fourth-order valence-corrected chi connectivity index (χ4v) is 6.81. The average Bonchev–Trinajstić information content (AvgIpc) is 3.12. The van der Waals surface area contributed by atoms with Crippen LogP contribution in [0.3, 0.4) is 0 Å². The van der Waals surface area contributed by atoms with Gasteiger partial charge in [-0.25, -0.2) is 0 Å². The number of aliphatic hydroxyl groups excluding tert-OH is 2. The number of esters is 3. The van der Waals surface area contributed by atoms with E-state index in [4.69, 9.17) is 18.9 Å². The zero-order chi connectivity index (χ0) is 39.1. The fourth-order valence-electron chi connectivity index (χ4n) is 6.81.